The maximum Gasteiger partial charge on any atom is 0.407 e. The van der Waals surface area contributed by atoms with Crippen molar-refractivity contribution in [2.75, 3.05) is 13.2 Å². The molecule has 2 heterocycles. The molecule has 2 saturated heterocycles. The Morgan fingerprint density at radius 2 is 1.61 bits per heavy atom. The second-order valence-corrected chi connectivity index (χ2v) is 8.82. The van der Waals surface area contributed by atoms with E-state index in [0.717, 1.165) is 43.4 Å². The van der Waals surface area contributed by atoms with Gasteiger partial charge in [-0.3, -0.25) is 9.69 Å². The third-order valence-corrected chi connectivity index (χ3v) is 7.11. The first-order chi connectivity index (χ1) is 15.1. The van der Waals surface area contributed by atoms with Crippen molar-refractivity contribution in [3.05, 3.63) is 59.7 Å². The van der Waals surface area contributed by atoms with Crippen LogP contribution in [0.15, 0.2) is 48.5 Å². The molecule has 1 amide bonds. The number of carbonyl (C=O) groups excluding carboxylic acids is 1. The van der Waals surface area contributed by atoms with Gasteiger partial charge in [-0.2, -0.15) is 0 Å². The van der Waals surface area contributed by atoms with Crippen molar-refractivity contribution in [1.29, 1.82) is 0 Å². The standard InChI is InChI=1S/C25H28N2O4/c28-24(29)23-22(13-5-7-16-8-6-14-27(16)23)26-25(30)31-15-21-19-11-3-1-9-17(19)18-10-2-4-12-20(18)21/h1-4,9-12,16,21-23H,5-8,13-15H2,(H,26,30)(H,28,29). The fraction of sp³-hybridized carbons (Fsp3) is 0.440. The van der Waals surface area contributed by atoms with Gasteiger partial charge in [0.15, 0.2) is 0 Å². The molecule has 3 unspecified atom stereocenters. The number of hydrogen-bond acceptors (Lipinski definition) is 4. The molecule has 162 valence electrons. The van der Waals surface area contributed by atoms with Crippen LogP contribution < -0.4 is 5.32 Å². The Labute approximate surface area is 182 Å². The van der Waals surface area contributed by atoms with Crippen LogP contribution in [-0.2, 0) is 9.53 Å². The number of carbonyl (C=O) groups is 2. The summed E-state index contributed by atoms with van der Waals surface area (Å²) >= 11 is 0. The largest absolute Gasteiger partial charge is 0.480 e. The van der Waals surface area contributed by atoms with E-state index in [-0.39, 0.29) is 12.5 Å². The molecule has 2 aliphatic heterocycles. The number of benzene rings is 2. The summed E-state index contributed by atoms with van der Waals surface area (Å²) in [6, 6.07) is 15.6. The number of carboxylic acid groups (broad SMARTS) is 1. The number of nitrogens with zero attached hydrogens (tertiary/aromatic N) is 1. The third-order valence-electron chi connectivity index (χ3n) is 7.11. The second-order valence-electron chi connectivity index (χ2n) is 8.82. The van der Waals surface area contributed by atoms with Gasteiger partial charge in [-0.1, -0.05) is 48.5 Å². The summed E-state index contributed by atoms with van der Waals surface area (Å²) in [6.07, 6.45) is 4.10. The van der Waals surface area contributed by atoms with Crippen LogP contribution in [0, 0.1) is 0 Å². The van der Waals surface area contributed by atoms with Crippen molar-refractivity contribution < 1.29 is 19.4 Å². The topological polar surface area (TPSA) is 78.9 Å². The van der Waals surface area contributed by atoms with Crippen molar-refractivity contribution in [1.82, 2.24) is 10.2 Å². The van der Waals surface area contributed by atoms with Gasteiger partial charge in [0.2, 0.25) is 0 Å². The molecule has 2 aromatic rings. The van der Waals surface area contributed by atoms with Gasteiger partial charge in [0.05, 0.1) is 6.04 Å². The number of amides is 1. The highest BCUT2D eigenvalue weighted by Gasteiger charge is 2.42. The molecule has 5 rings (SSSR count). The summed E-state index contributed by atoms with van der Waals surface area (Å²) in [6.45, 7) is 1.02. The lowest BCUT2D eigenvalue weighted by Crippen LogP contribution is -2.55. The molecular formula is C25H28N2O4. The molecule has 3 atom stereocenters. The van der Waals surface area contributed by atoms with Gasteiger partial charge in [0.1, 0.15) is 12.6 Å². The molecule has 1 aliphatic carbocycles. The first-order valence-corrected chi connectivity index (χ1v) is 11.2. The SMILES string of the molecule is O=C(NC1CCCC2CCCN2C1C(=O)O)OCC1c2ccccc2-c2ccccc21. The van der Waals surface area contributed by atoms with Crippen molar-refractivity contribution >= 4 is 12.1 Å². The van der Waals surface area contributed by atoms with Crippen LogP contribution in [0.1, 0.15) is 49.1 Å². The molecule has 0 spiro atoms. The van der Waals surface area contributed by atoms with Gasteiger partial charge >= 0.3 is 12.1 Å². The summed E-state index contributed by atoms with van der Waals surface area (Å²) in [7, 11) is 0. The maximum atomic E-state index is 12.7. The highest BCUT2D eigenvalue weighted by Crippen LogP contribution is 2.44. The van der Waals surface area contributed by atoms with Crippen LogP contribution in [0.2, 0.25) is 0 Å². The average molecular weight is 421 g/mol. The van der Waals surface area contributed by atoms with Crippen molar-refractivity contribution in [2.24, 2.45) is 0 Å². The van der Waals surface area contributed by atoms with Crippen LogP contribution in [0.5, 0.6) is 0 Å². The molecular weight excluding hydrogens is 392 g/mol. The lowest BCUT2D eigenvalue weighted by molar-refractivity contribution is -0.144. The zero-order valence-corrected chi connectivity index (χ0v) is 17.5. The molecule has 2 fully saturated rings. The number of ether oxygens (including phenoxy) is 1. The first-order valence-electron chi connectivity index (χ1n) is 11.2. The predicted molar refractivity (Wildman–Crippen MR) is 117 cm³/mol. The smallest absolute Gasteiger partial charge is 0.407 e. The van der Waals surface area contributed by atoms with Crippen LogP contribution in [-0.4, -0.2) is 53.3 Å². The summed E-state index contributed by atoms with van der Waals surface area (Å²) in [5, 5.41) is 12.8. The molecule has 31 heavy (non-hydrogen) atoms. The van der Waals surface area contributed by atoms with E-state index < -0.39 is 24.1 Å². The van der Waals surface area contributed by atoms with Crippen molar-refractivity contribution in [3.63, 3.8) is 0 Å². The van der Waals surface area contributed by atoms with Crippen molar-refractivity contribution in [3.8, 4) is 11.1 Å². The molecule has 6 nitrogen and oxygen atoms in total. The van der Waals surface area contributed by atoms with Gasteiger partial charge in [-0.25, -0.2) is 4.79 Å². The fourth-order valence-electron chi connectivity index (χ4n) is 5.75. The van der Waals surface area contributed by atoms with Gasteiger partial charge in [0.25, 0.3) is 0 Å². The monoisotopic (exact) mass is 420 g/mol. The highest BCUT2D eigenvalue weighted by molar-refractivity contribution is 5.79. The minimum Gasteiger partial charge on any atom is -0.480 e. The van der Waals surface area contributed by atoms with E-state index in [9.17, 15) is 14.7 Å². The molecule has 2 aromatic carbocycles. The van der Waals surface area contributed by atoms with Crippen LogP contribution in [0.4, 0.5) is 4.79 Å². The van der Waals surface area contributed by atoms with Gasteiger partial charge < -0.3 is 15.2 Å². The Balaban J connectivity index is 1.28. The maximum absolute atomic E-state index is 12.7. The lowest BCUT2D eigenvalue weighted by Gasteiger charge is -2.32. The van der Waals surface area contributed by atoms with E-state index in [1.165, 1.54) is 11.1 Å². The summed E-state index contributed by atoms with van der Waals surface area (Å²) in [5.41, 5.74) is 4.69. The van der Waals surface area contributed by atoms with Crippen LogP contribution in [0.25, 0.3) is 11.1 Å². The van der Waals surface area contributed by atoms with Crippen LogP contribution >= 0.6 is 0 Å². The molecule has 2 N–H and O–H groups in total. The number of nitrogens with one attached hydrogen (secondary N) is 1. The van der Waals surface area contributed by atoms with Crippen LogP contribution in [0.3, 0.4) is 0 Å². The number of hydrogen-bond donors (Lipinski definition) is 2. The third kappa shape index (κ3) is 3.69. The van der Waals surface area contributed by atoms with E-state index in [1.807, 2.05) is 24.3 Å². The molecule has 0 saturated carbocycles. The minimum absolute atomic E-state index is 0.00878. The lowest BCUT2D eigenvalue weighted by atomic mass is 9.98. The number of aliphatic carboxylic acids is 1. The minimum atomic E-state index is -0.863. The molecule has 3 aliphatic rings. The Morgan fingerprint density at radius 1 is 0.968 bits per heavy atom. The fourth-order valence-corrected chi connectivity index (χ4v) is 5.75. The van der Waals surface area contributed by atoms with Crippen molar-refractivity contribution in [2.45, 2.75) is 56.1 Å². The van der Waals surface area contributed by atoms with E-state index in [2.05, 4.69) is 34.5 Å². The quantitative estimate of drug-likeness (QED) is 0.782. The Hall–Kier alpha value is -2.86. The number of carboxylic acids is 1. The number of alkyl carbamates (subject to hydrolysis) is 1. The number of rotatable bonds is 4. The molecule has 6 heteroatoms. The molecule has 0 aromatic heterocycles. The van der Waals surface area contributed by atoms with Gasteiger partial charge in [-0.05, 0) is 60.9 Å². The Morgan fingerprint density at radius 3 is 2.29 bits per heavy atom. The highest BCUT2D eigenvalue weighted by atomic mass is 16.5. The van der Waals surface area contributed by atoms with E-state index in [1.54, 1.807) is 0 Å². The summed E-state index contributed by atoms with van der Waals surface area (Å²) < 4.78 is 5.66. The zero-order chi connectivity index (χ0) is 21.4. The van der Waals surface area contributed by atoms with E-state index in [0.29, 0.717) is 12.5 Å². The molecule has 0 bridgehead atoms. The average Bonchev–Trinajstić information content (AvgIpc) is 3.30. The molecule has 0 radical (unpaired) electrons. The zero-order valence-electron chi connectivity index (χ0n) is 17.5. The normalized spacial score (nSPS) is 25.2. The predicted octanol–water partition coefficient (Wildman–Crippen LogP) is 4.00. The van der Waals surface area contributed by atoms with E-state index >= 15 is 0 Å². The van der Waals surface area contributed by atoms with Gasteiger partial charge in [-0.15, -0.1) is 0 Å². The number of fused-ring (bicyclic) bond motifs is 4. The summed E-state index contributed by atoms with van der Waals surface area (Å²) in [5.74, 6) is -0.872. The summed E-state index contributed by atoms with van der Waals surface area (Å²) in [4.78, 5) is 26.8. The van der Waals surface area contributed by atoms with Gasteiger partial charge in [0, 0.05) is 12.0 Å². The second kappa shape index (κ2) is 8.35. The van der Waals surface area contributed by atoms with E-state index in [4.69, 9.17) is 4.74 Å². The first kappa shape index (κ1) is 20.1. The Bertz CT molecular complexity index is 945. The Kier molecular flexibility index (Phi) is 5.40.